The predicted molar refractivity (Wildman–Crippen MR) is 75.5 cm³/mol. The second-order valence-electron chi connectivity index (χ2n) is 3.37. The smallest absolute Gasteiger partial charge is 0.244 e. The van der Waals surface area contributed by atoms with Gasteiger partial charge in [0.2, 0.25) is 10.0 Å². The van der Waals surface area contributed by atoms with E-state index >= 15 is 0 Å². The second kappa shape index (κ2) is 6.56. The molecule has 0 radical (unpaired) electrons. The Morgan fingerprint density at radius 2 is 2.22 bits per heavy atom. The van der Waals surface area contributed by atoms with E-state index in [9.17, 15) is 8.42 Å². The Kier molecular flexibility index (Phi) is 5.65. The van der Waals surface area contributed by atoms with Crippen LogP contribution in [0.3, 0.4) is 0 Å². The molecule has 0 spiro atoms. The average molecular weight is 355 g/mol. The molecule has 1 N–H and O–H groups in total. The third-order valence-corrected chi connectivity index (χ3v) is 4.00. The van der Waals surface area contributed by atoms with Crippen LogP contribution >= 0.6 is 27.5 Å². The van der Waals surface area contributed by atoms with Gasteiger partial charge in [-0.15, -0.1) is 0 Å². The first-order valence-electron chi connectivity index (χ1n) is 5.12. The zero-order valence-corrected chi connectivity index (χ0v) is 12.9. The highest BCUT2D eigenvalue weighted by atomic mass is 79.9. The molecule has 0 aliphatic rings. The van der Waals surface area contributed by atoms with Crippen LogP contribution in [0.4, 0.5) is 0 Å². The summed E-state index contributed by atoms with van der Waals surface area (Å²) in [5.74, 6) is 0.299. The molecule has 100 valence electrons. The first-order chi connectivity index (χ1) is 8.36. The molecule has 0 aliphatic carbocycles. The molecule has 0 bridgehead atoms. The summed E-state index contributed by atoms with van der Waals surface area (Å²) in [7, 11) is -3.68. The minimum absolute atomic E-state index is 0.0258. The fourth-order valence-corrected chi connectivity index (χ4v) is 3.07. The van der Waals surface area contributed by atoms with E-state index in [1.54, 1.807) is 19.1 Å². The van der Waals surface area contributed by atoms with Gasteiger partial charge in [0.25, 0.3) is 0 Å². The fourth-order valence-electron chi connectivity index (χ4n) is 1.22. The van der Waals surface area contributed by atoms with Crippen molar-refractivity contribution in [1.82, 2.24) is 4.72 Å². The summed E-state index contributed by atoms with van der Waals surface area (Å²) in [6, 6.07) is 4.78. The van der Waals surface area contributed by atoms with Crippen LogP contribution in [0.2, 0.25) is 0 Å². The van der Waals surface area contributed by atoms with Crippen molar-refractivity contribution in [2.45, 2.75) is 11.8 Å². The van der Waals surface area contributed by atoms with Crippen molar-refractivity contribution in [3.8, 4) is 5.75 Å². The molecule has 0 fully saturated rings. The first-order valence-corrected chi connectivity index (χ1v) is 7.77. The van der Waals surface area contributed by atoms with Crippen molar-refractivity contribution in [2.75, 3.05) is 13.2 Å². The van der Waals surface area contributed by atoms with Crippen molar-refractivity contribution >= 4 is 37.6 Å². The van der Waals surface area contributed by atoms with Gasteiger partial charge in [-0.3, -0.25) is 0 Å². The Balaban J connectivity index is 3.13. The summed E-state index contributed by atoms with van der Waals surface area (Å²) in [4.78, 5) is 0.0663. The van der Waals surface area contributed by atoms with Gasteiger partial charge < -0.3 is 4.74 Å². The third kappa shape index (κ3) is 4.28. The molecule has 1 aromatic rings. The van der Waals surface area contributed by atoms with E-state index in [1.165, 1.54) is 6.07 Å². The Morgan fingerprint density at radius 3 is 2.78 bits per heavy atom. The predicted octanol–water partition coefficient (Wildman–Crippen LogP) is 2.88. The summed E-state index contributed by atoms with van der Waals surface area (Å²) in [5.41, 5.74) is 0. The second-order valence-corrected chi connectivity index (χ2v) is 6.55. The maximum absolute atomic E-state index is 12.1. The Bertz CT molecular complexity index is 545. The molecule has 0 aromatic heterocycles. The lowest BCUT2D eigenvalue weighted by atomic mass is 10.3. The zero-order valence-electron chi connectivity index (χ0n) is 9.74. The lowest BCUT2D eigenvalue weighted by Crippen LogP contribution is -2.25. The number of rotatable bonds is 6. The Hall–Kier alpha value is -0.560. The SMILES string of the molecule is C=C(Cl)CNS(=O)(=O)c1cc(Br)ccc1OCC. The van der Waals surface area contributed by atoms with Crippen molar-refractivity contribution in [3.05, 3.63) is 34.3 Å². The first kappa shape index (κ1) is 15.5. The molecule has 0 amide bonds. The van der Waals surface area contributed by atoms with E-state index < -0.39 is 10.0 Å². The van der Waals surface area contributed by atoms with Crippen molar-refractivity contribution in [2.24, 2.45) is 0 Å². The van der Waals surface area contributed by atoms with Crippen LogP contribution in [0, 0.1) is 0 Å². The highest BCUT2D eigenvalue weighted by molar-refractivity contribution is 9.10. The van der Waals surface area contributed by atoms with Crippen LogP contribution in [0.5, 0.6) is 5.75 Å². The van der Waals surface area contributed by atoms with Gasteiger partial charge in [0, 0.05) is 16.0 Å². The number of benzene rings is 1. The molecule has 0 heterocycles. The molecular formula is C11H13BrClNO3S. The highest BCUT2D eigenvalue weighted by Crippen LogP contribution is 2.27. The third-order valence-electron chi connectivity index (χ3n) is 1.95. The van der Waals surface area contributed by atoms with Crippen LogP contribution in [-0.2, 0) is 10.0 Å². The lowest BCUT2D eigenvalue weighted by Gasteiger charge is -2.12. The minimum Gasteiger partial charge on any atom is -0.492 e. The van der Waals surface area contributed by atoms with Gasteiger partial charge in [-0.25, -0.2) is 13.1 Å². The highest BCUT2D eigenvalue weighted by Gasteiger charge is 2.19. The Labute approximate surface area is 120 Å². The van der Waals surface area contributed by atoms with Crippen molar-refractivity contribution in [1.29, 1.82) is 0 Å². The van der Waals surface area contributed by atoms with Gasteiger partial charge in [-0.05, 0) is 25.1 Å². The number of hydrogen-bond donors (Lipinski definition) is 1. The maximum Gasteiger partial charge on any atom is 0.244 e. The van der Waals surface area contributed by atoms with Gasteiger partial charge in [-0.1, -0.05) is 34.1 Å². The van der Waals surface area contributed by atoms with Crippen LogP contribution in [-0.4, -0.2) is 21.6 Å². The lowest BCUT2D eigenvalue weighted by molar-refractivity contribution is 0.331. The Morgan fingerprint density at radius 1 is 1.56 bits per heavy atom. The molecule has 4 nitrogen and oxygen atoms in total. The van der Waals surface area contributed by atoms with Gasteiger partial charge in [0.15, 0.2) is 0 Å². The summed E-state index contributed by atoms with van der Waals surface area (Å²) in [6.45, 7) is 5.57. The minimum atomic E-state index is -3.68. The normalized spacial score (nSPS) is 11.3. The molecule has 18 heavy (non-hydrogen) atoms. The van der Waals surface area contributed by atoms with Gasteiger partial charge in [0.1, 0.15) is 10.6 Å². The van der Waals surface area contributed by atoms with E-state index in [0.29, 0.717) is 16.8 Å². The summed E-state index contributed by atoms with van der Waals surface area (Å²) in [5, 5.41) is 0.214. The van der Waals surface area contributed by atoms with Crippen LogP contribution < -0.4 is 9.46 Å². The fraction of sp³-hybridized carbons (Fsp3) is 0.273. The van der Waals surface area contributed by atoms with Crippen molar-refractivity contribution < 1.29 is 13.2 Å². The summed E-state index contributed by atoms with van der Waals surface area (Å²) < 4.78 is 32.4. The molecule has 0 saturated heterocycles. The van der Waals surface area contributed by atoms with Crippen LogP contribution in [0.1, 0.15) is 6.92 Å². The van der Waals surface area contributed by atoms with Crippen LogP contribution in [0.25, 0.3) is 0 Å². The molecule has 0 atom stereocenters. The molecular weight excluding hydrogens is 342 g/mol. The molecule has 1 aromatic carbocycles. The summed E-state index contributed by atoms with van der Waals surface area (Å²) >= 11 is 8.77. The number of halogens is 2. The molecule has 0 saturated carbocycles. The maximum atomic E-state index is 12.1. The summed E-state index contributed by atoms with van der Waals surface area (Å²) in [6.07, 6.45) is 0. The molecule has 7 heteroatoms. The molecule has 0 aliphatic heterocycles. The van der Waals surface area contributed by atoms with E-state index in [4.69, 9.17) is 16.3 Å². The largest absolute Gasteiger partial charge is 0.492 e. The quantitative estimate of drug-likeness (QED) is 0.854. The molecule has 0 unspecified atom stereocenters. The number of nitrogens with one attached hydrogen (secondary N) is 1. The van der Waals surface area contributed by atoms with Gasteiger partial charge in [0.05, 0.1) is 6.61 Å². The number of hydrogen-bond acceptors (Lipinski definition) is 3. The molecule has 1 rings (SSSR count). The van der Waals surface area contributed by atoms with Crippen molar-refractivity contribution in [3.63, 3.8) is 0 Å². The zero-order chi connectivity index (χ0) is 13.8. The monoisotopic (exact) mass is 353 g/mol. The van der Waals surface area contributed by atoms with Gasteiger partial charge >= 0.3 is 0 Å². The average Bonchev–Trinajstić information content (AvgIpc) is 2.29. The topological polar surface area (TPSA) is 55.4 Å². The number of ether oxygens (including phenoxy) is 1. The van der Waals surface area contributed by atoms with Crippen LogP contribution in [0.15, 0.2) is 39.2 Å². The van der Waals surface area contributed by atoms with Gasteiger partial charge in [-0.2, -0.15) is 0 Å². The van der Waals surface area contributed by atoms with E-state index in [0.717, 1.165) is 0 Å². The van der Waals surface area contributed by atoms with E-state index in [-0.39, 0.29) is 16.5 Å². The standard InChI is InChI=1S/C11H13BrClNO3S/c1-3-17-10-5-4-9(12)6-11(10)18(15,16)14-7-8(2)13/h4-6,14H,2-3,7H2,1H3. The number of sulfonamides is 1. The van der Waals surface area contributed by atoms with E-state index in [1.807, 2.05) is 0 Å². The van der Waals surface area contributed by atoms with E-state index in [2.05, 4.69) is 27.2 Å².